The number of nitrogen functional groups attached to an aromatic ring is 1. The van der Waals surface area contributed by atoms with E-state index >= 15 is 0 Å². The molecule has 1 aromatic heterocycles. The van der Waals surface area contributed by atoms with Gasteiger partial charge in [0.1, 0.15) is 0 Å². The Labute approximate surface area is 110 Å². The van der Waals surface area contributed by atoms with Crippen LogP contribution in [-0.4, -0.2) is 17.6 Å². The molecule has 0 aliphatic rings. The first-order chi connectivity index (χ1) is 9.18. The number of carbonyl (C=O) groups excluding carboxylic acids is 1. The maximum atomic E-state index is 12.9. The maximum absolute atomic E-state index is 12.9. The topological polar surface area (TPSA) is 65.2 Å². The molecule has 1 aromatic rings. The smallest absolute Gasteiger partial charge is 0.418 e. The second-order valence-electron chi connectivity index (χ2n) is 3.73. The summed E-state index contributed by atoms with van der Waals surface area (Å²) in [5.41, 5.74) is 0.459. The Morgan fingerprint density at radius 3 is 2.50 bits per heavy atom. The lowest BCUT2D eigenvalue weighted by Gasteiger charge is -2.17. The van der Waals surface area contributed by atoms with Gasteiger partial charge < -0.3 is 10.5 Å². The van der Waals surface area contributed by atoms with E-state index in [4.69, 9.17) is 5.73 Å². The van der Waals surface area contributed by atoms with Gasteiger partial charge in [0.25, 0.3) is 6.43 Å². The van der Waals surface area contributed by atoms with Crippen molar-refractivity contribution < 1.29 is 31.5 Å². The fourth-order valence-electron chi connectivity index (χ4n) is 1.62. The molecule has 0 unspecified atom stereocenters. The third-order valence-electron chi connectivity index (χ3n) is 2.35. The summed E-state index contributed by atoms with van der Waals surface area (Å²) in [5, 5.41) is 0. The van der Waals surface area contributed by atoms with Crippen molar-refractivity contribution in [2.45, 2.75) is 25.9 Å². The Kier molecular flexibility index (Phi) is 4.85. The Morgan fingerprint density at radius 2 is 2.05 bits per heavy atom. The van der Waals surface area contributed by atoms with Gasteiger partial charge in [-0.05, 0) is 6.92 Å². The lowest BCUT2D eigenvalue weighted by Crippen LogP contribution is -2.19. The van der Waals surface area contributed by atoms with E-state index in [9.17, 15) is 26.7 Å². The standard InChI is InChI=1S/C11H11F5N2O2/c1-2-20-7(19)3-6-9(11(14,15)16)8(10(12)13)5(17)4-18-6/h4,10H,2-3,17H2,1H3. The Hall–Kier alpha value is -1.93. The van der Waals surface area contributed by atoms with Gasteiger partial charge in [-0.25, -0.2) is 8.78 Å². The van der Waals surface area contributed by atoms with Gasteiger partial charge in [0.2, 0.25) is 0 Å². The van der Waals surface area contributed by atoms with Gasteiger partial charge in [-0.2, -0.15) is 13.2 Å². The van der Waals surface area contributed by atoms with Crippen LogP contribution in [0.3, 0.4) is 0 Å². The summed E-state index contributed by atoms with van der Waals surface area (Å²) < 4.78 is 68.7. The zero-order chi connectivity index (χ0) is 15.5. The SMILES string of the molecule is CCOC(=O)Cc1ncc(N)c(C(F)F)c1C(F)(F)F. The Morgan fingerprint density at radius 1 is 1.45 bits per heavy atom. The first kappa shape index (κ1) is 16.1. The minimum Gasteiger partial charge on any atom is -0.466 e. The van der Waals surface area contributed by atoms with Crippen LogP contribution in [0.1, 0.15) is 30.2 Å². The van der Waals surface area contributed by atoms with Crippen molar-refractivity contribution in [1.29, 1.82) is 0 Å². The number of aromatic nitrogens is 1. The van der Waals surface area contributed by atoms with E-state index in [2.05, 4.69) is 9.72 Å². The average molecular weight is 298 g/mol. The second kappa shape index (κ2) is 6.02. The molecule has 4 nitrogen and oxygen atoms in total. The van der Waals surface area contributed by atoms with Gasteiger partial charge in [0.15, 0.2) is 0 Å². The van der Waals surface area contributed by atoms with E-state index in [1.807, 2.05) is 0 Å². The number of anilines is 1. The van der Waals surface area contributed by atoms with Crippen LogP contribution in [0.25, 0.3) is 0 Å². The number of ether oxygens (including phenoxy) is 1. The molecule has 9 heteroatoms. The van der Waals surface area contributed by atoms with Crippen molar-refractivity contribution in [2.24, 2.45) is 0 Å². The predicted molar refractivity (Wildman–Crippen MR) is 58.9 cm³/mol. The highest BCUT2D eigenvalue weighted by Crippen LogP contribution is 2.40. The monoisotopic (exact) mass is 298 g/mol. The van der Waals surface area contributed by atoms with Crippen LogP contribution in [0.5, 0.6) is 0 Å². The first-order valence-corrected chi connectivity index (χ1v) is 5.46. The molecule has 2 N–H and O–H groups in total. The number of pyridine rings is 1. The van der Waals surface area contributed by atoms with Crippen molar-refractivity contribution in [3.05, 3.63) is 23.0 Å². The van der Waals surface area contributed by atoms with Gasteiger partial charge in [0, 0.05) is 0 Å². The Bertz CT molecular complexity index is 502. The predicted octanol–water partition coefficient (Wildman–Crippen LogP) is 2.73. The van der Waals surface area contributed by atoms with E-state index in [0.29, 0.717) is 6.20 Å². The molecule has 0 aliphatic heterocycles. The van der Waals surface area contributed by atoms with Crippen LogP contribution in [0, 0.1) is 0 Å². The van der Waals surface area contributed by atoms with Crippen LogP contribution in [0.2, 0.25) is 0 Å². The second-order valence-corrected chi connectivity index (χ2v) is 3.73. The largest absolute Gasteiger partial charge is 0.466 e. The van der Waals surface area contributed by atoms with Gasteiger partial charge in [-0.15, -0.1) is 0 Å². The van der Waals surface area contributed by atoms with Crippen LogP contribution in [0.4, 0.5) is 27.6 Å². The molecule has 0 saturated heterocycles. The molecule has 0 amide bonds. The van der Waals surface area contributed by atoms with Crippen molar-refractivity contribution in [2.75, 3.05) is 12.3 Å². The number of hydrogen-bond acceptors (Lipinski definition) is 4. The van der Waals surface area contributed by atoms with Gasteiger partial charge in [0.05, 0.1) is 41.7 Å². The summed E-state index contributed by atoms with van der Waals surface area (Å²) in [6, 6.07) is 0. The number of alkyl halides is 5. The van der Waals surface area contributed by atoms with Crippen LogP contribution >= 0.6 is 0 Å². The molecule has 0 aliphatic carbocycles. The van der Waals surface area contributed by atoms with Crippen LogP contribution in [-0.2, 0) is 22.1 Å². The number of nitrogens with zero attached hydrogens (tertiary/aromatic N) is 1. The van der Waals surface area contributed by atoms with Crippen molar-refractivity contribution >= 4 is 11.7 Å². The highest BCUT2D eigenvalue weighted by Gasteiger charge is 2.40. The molecule has 1 rings (SSSR count). The number of nitrogens with two attached hydrogens (primary N) is 1. The van der Waals surface area contributed by atoms with Crippen LogP contribution in [0.15, 0.2) is 6.20 Å². The lowest BCUT2D eigenvalue weighted by molar-refractivity contribution is -0.144. The molecule has 0 fully saturated rings. The third-order valence-corrected chi connectivity index (χ3v) is 2.35. The maximum Gasteiger partial charge on any atom is 0.418 e. The number of carbonyl (C=O) groups is 1. The zero-order valence-corrected chi connectivity index (χ0v) is 10.3. The third kappa shape index (κ3) is 3.55. The van der Waals surface area contributed by atoms with Crippen molar-refractivity contribution in [3.63, 3.8) is 0 Å². The minimum absolute atomic E-state index is 0.0448. The van der Waals surface area contributed by atoms with Crippen molar-refractivity contribution in [1.82, 2.24) is 4.98 Å². The van der Waals surface area contributed by atoms with E-state index in [1.165, 1.54) is 6.92 Å². The number of halogens is 5. The molecular formula is C11H11F5N2O2. The fraction of sp³-hybridized carbons (Fsp3) is 0.455. The normalized spacial score (nSPS) is 11.8. The van der Waals surface area contributed by atoms with E-state index < -0.39 is 47.5 Å². The average Bonchev–Trinajstić information content (AvgIpc) is 2.29. The number of esters is 1. The lowest BCUT2D eigenvalue weighted by atomic mass is 10.0. The summed E-state index contributed by atoms with van der Waals surface area (Å²) >= 11 is 0. The van der Waals surface area contributed by atoms with Crippen LogP contribution < -0.4 is 5.73 Å². The molecule has 0 atom stereocenters. The molecule has 0 aromatic carbocycles. The molecule has 0 bridgehead atoms. The van der Waals surface area contributed by atoms with E-state index in [0.717, 1.165) is 0 Å². The highest BCUT2D eigenvalue weighted by atomic mass is 19.4. The summed E-state index contributed by atoms with van der Waals surface area (Å²) in [5.74, 6) is -0.990. The van der Waals surface area contributed by atoms with Gasteiger partial charge in [-0.3, -0.25) is 9.78 Å². The molecule has 0 spiro atoms. The number of hydrogen-bond donors (Lipinski definition) is 1. The highest BCUT2D eigenvalue weighted by molar-refractivity contribution is 5.73. The molecule has 1 heterocycles. The van der Waals surface area contributed by atoms with E-state index in [1.54, 1.807) is 0 Å². The van der Waals surface area contributed by atoms with Gasteiger partial charge in [-0.1, -0.05) is 0 Å². The van der Waals surface area contributed by atoms with E-state index in [-0.39, 0.29) is 6.61 Å². The molecule has 0 saturated carbocycles. The molecular weight excluding hydrogens is 287 g/mol. The quantitative estimate of drug-likeness (QED) is 0.685. The molecule has 0 radical (unpaired) electrons. The summed E-state index contributed by atoms with van der Waals surface area (Å²) in [7, 11) is 0. The molecule has 112 valence electrons. The minimum atomic E-state index is -5.10. The zero-order valence-electron chi connectivity index (χ0n) is 10.3. The summed E-state index contributed by atoms with van der Waals surface area (Å²) in [4.78, 5) is 14.5. The van der Waals surface area contributed by atoms with Gasteiger partial charge >= 0.3 is 12.1 Å². The Balaban J connectivity index is 3.38. The number of rotatable bonds is 4. The summed E-state index contributed by atoms with van der Waals surface area (Å²) in [6.45, 7) is 1.42. The first-order valence-electron chi connectivity index (χ1n) is 5.46. The summed E-state index contributed by atoms with van der Waals surface area (Å²) in [6.07, 6.45) is -8.72. The van der Waals surface area contributed by atoms with Crippen molar-refractivity contribution in [3.8, 4) is 0 Å². The fourth-order valence-corrected chi connectivity index (χ4v) is 1.62. The molecule has 20 heavy (non-hydrogen) atoms.